The Hall–Kier alpha value is -0.850. The van der Waals surface area contributed by atoms with Crippen molar-refractivity contribution in [3.8, 4) is 0 Å². The second-order valence-corrected chi connectivity index (χ2v) is 7.41. The van der Waals surface area contributed by atoms with E-state index < -0.39 is 15.6 Å². The highest BCUT2D eigenvalue weighted by molar-refractivity contribution is 7.88. The summed E-state index contributed by atoms with van der Waals surface area (Å²) < 4.78 is 30.3. The Bertz CT molecular complexity index is 466. The molecule has 0 bridgehead atoms. The van der Waals surface area contributed by atoms with E-state index in [-0.39, 0.29) is 0 Å². The van der Waals surface area contributed by atoms with Crippen LogP contribution in [0.25, 0.3) is 0 Å². The van der Waals surface area contributed by atoms with Gasteiger partial charge in [-0.3, -0.25) is 0 Å². The van der Waals surface area contributed by atoms with E-state index in [4.69, 9.17) is 4.42 Å². The molecule has 0 fully saturated rings. The van der Waals surface area contributed by atoms with E-state index in [0.29, 0.717) is 12.6 Å². The Morgan fingerprint density at radius 2 is 2.11 bits per heavy atom. The average Bonchev–Trinajstić information content (AvgIpc) is 2.73. The van der Waals surface area contributed by atoms with Crippen LogP contribution in [0.3, 0.4) is 0 Å². The van der Waals surface area contributed by atoms with Gasteiger partial charge < -0.3 is 9.73 Å². The summed E-state index contributed by atoms with van der Waals surface area (Å²) in [5, 5.41) is 3.34. The van der Waals surface area contributed by atoms with Crippen molar-refractivity contribution in [1.82, 2.24) is 10.0 Å². The van der Waals surface area contributed by atoms with Gasteiger partial charge in [-0.2, -0.15) is 0 Å². The first-order valence-electron chi connectivity index (χ1n) is 6.43. The van der Waals surface area contributed by atoms with Crippen molar-refractivity contribution >= 4 is 10.0 Å². The molecule has 0 aliphatic heterocycles. The second kappa shape index (κ2) is 6.54. The molecule has 0 aliphatic rings. The molecular formula is C13H24N2O3S. The van der Waals surface area contributed by atoms with Gasteiger partial charge in [0.15, 0.2) is 0 Å². The van der Waals surface area contributed by atoms with Crippen molar-refractivity contribution in [2.75, 3.05) is 12.8 Å². The lowest BCUT2D eigenvalue weighted by Gasteiger charge is -2.27. The predicted molar refractivity (Wildman–Crippen MR) is 76.6 cm³/mol. The van der Waals surface area contributed by atoms with Crippen LogP contribution in [-0.4, -0.2) is 32.8 Å². The third-order valence-electron chi connectivity index (χ3n) is 2.76. The van der Waals surface area contributed by atoms with E-state index in [0.717, 1.165) is 18.6 Å². The molecule has 6 heteroatoms. The van der Waals surface area contributed by atoms with Crippen LogP contribution in [0.15, 0.2) is 22.8 Å². The summed E-state index contributed by atoms with van der Waals surface area (Å²) in [5.41, 5.74) is -0.494. The predicted octanol–water partition coefficient (Wildman–Crippen LogP) is 1.52. The van der Waals surface area contributed by atoms with Gasteiger partial charge in [-0.05, 0) is 39.3 Å². The van der Waals surface area contributed by atoms with Crippen LogP contribution >= 0.6 is 0 Å². The molecule has 1 aromatic rings. The first-order valence-corrected chi connectivity index (χ1v) is 8.32. The summed E-state index contributed by atoms with van der Waals surface area (Å²) in [5.74, 6) is 0.974. The van der Waals surface area contributed by atoms with Crippen molar-refractivity contribution in [2.45, 2.75) is 45.2 Å². The minimum Gasteiger partial charge on any atom is -0.469 e. The zero-order valence-corrected chi connectivity index (χ0v) is 12.9. The van der Waals surface area contributed by atoms with Crippen LogP contribution in [0.5, 0.6) is 0 Å². The van der Waals surface area contributed by atoms with Crippen molar-refractivity contribution in [1.29, 1.82) is 0 Å². The highest BCUT2D eigenvalue weighted by Gasteiger charge is 2.22. The van der Waals surface area contributed by atoms with Gasteiger partial charge in [-0.15, -0.1) is 0 Å². The molecule has 5 nitrogen and oxygen atoms in total. The first kappa shape index (κ1) is 16.2. The molecule has 1 rings (SSSR count). The van der Waals surface area contributed by atoms with Gasteiger partial charge in [0.2, 0.25) is 10.0 Å². The normalized spacial score (nSPS) is 14.5. The Balaban J connectivity index is 2.31. The average molecular weight is 288 g/mol. The smallest absolute Gasteiger partial charge is 0.209 e. The first-order chi connectivity index (χ1) is 8.68. The van der Waals surface area contributed by atoms with Gasteiger partial charge in [-0.25, -0.2) is 13.1 Å². The van der Waals surface area contributed by atoms with Crippen molar-refractivity contribution in [3.63, 3.8) is 0 Å². The molecule has 1 atom stereocenters. The zero-order chi connectivity index (χ0) is 14.5. The van der Waals surface area contributed by atoms with Crippen LogP contribution in [0, 0.1) is 0 Å². The molecule has 0 saturated heterocycles. The lowest BCUT2D eigenvalue weighted by atomic mass is 10.1. The molecule has 0 saturated carbocycles. The summed E-state index contributed by atoms with van der Waals surface area (Å²) in [7, 11) is -3.18. The minimum absolute atomic E-state index is 0.297. The monoisotopic (exact) mass is 288 g/mol. The van der Waals surface area contributed by atoms with Crippen LogP contribution in [0.4, 0.5) is 0 Å². The Labute approximate surface area is 115 Å². The molecule has 110 valence electrons. The zero-order valence-electron chi connectivity index (χ0n) is 12.1. The summed E-state index contributed by atoms with van der Waals surface area (Å²) in [4.78, 5) is 0. The quantitative estimate of drug-likeness (QED) is 0.761. The maximum Gasteiger partial charge on any atom is 0.209 e. The molecule has 0 aromatic carbocycles. The number of furan rings is 1. The molecule has 2 N–H and O–H groups in total. The molecule has 1 unspecified atom stereocenters. The summed E-state index contributed by atoms with van der Waals surface area (Å²) in [6.07, 6.45) is 4.67. The van der Waals surface area contributed by atoms with Gasteiger partial charge >= 0.3 is 0 Å². The lowest BCUT2D eigenvalue weighted by molar-refractivity contribution is 0.382. The van der Waals surface area contributed by atoms with Crippen molar-refractivity contribution in [3.05, 3.63) is 24.2 Å². The number of hydrogen-bond donors (Lipinski definition) is 2. The molecule has 19 heavy (non-hydrogen) atoms. The number of sulfonamides is 1. The summed E-state index contributed by atoms with van der Waals surface area (Å²) >= 11 is 0. The molecular weight excluding hydrogens is 264 g/mol. The highest BCUT2D eigenvalue weighted by Crippen LogP contribution is 2.07. The van der Waals surface area contributed by atoms with Crippen LogP contribution < -0.4 is 10.0 Å². The fourth-order valence-electron chi connectivity index (χ4n) is 1.88. The fourth-order valence-corrected chi connectivity index (χ4v) is 2.96. The number of hydrogen-bond acceptors (Lipinski definition) is 4. The summed E-state index contributed by atoms with van der Waals surface area (Å²) in [6, 6.07) is 4.14. The highest BCUT2D eigenvalue weighted by atomic mass is 32.2. The molecule has 0 aliphatic carbocycles. The van der Waals surface area contributed by atoms with E-state index >= 15 is 0 Å². The molecule has 0 radical (unpaired) electrons. The SMILES string of the molecule is CC(CCc1ccco1)NCC(C)(C)NS(C)(=O)=O. The van der Waals surface area contributed by atoms with Gasteiger partial charge in [0.1, 0.15) is 5.76 Å². The number of nitrogens with one attached hydrogen (secondary N) is 2. The van der Waals surface area contributed by atoms with Crippen LogP contribution in [0.1, 0.15) is 33.0 Å². The molecule has 0 amide bonds. The third-order valence-corrected chi connectivity index (χ3v) is 3.68. The summed E-state index contributed by atoms with van der Waals surface area (Å²) in [6.45, 7) is 6.39. The standard InChI is InChI=1S/C13H24N2O3S/c1-11(7-8-12-6-5-9-18-12)14-10-13(2,3)15-19(4,16)17/h5-6,9,11,14-15H,7-8,10H2,1-4H3. The molecule has 1 aromatic heterocycles. The topological polar surface area (TPSA) is 71.3 Å². The Kier molecular flexibility index (Phi) is 5.58. The van der Waals surface area contributed by atoms with Gasteiger partial charge in [0.25, 0.3) is 0 Å². The van der Waals surface area contributed by atoms with E-state index in [1.165, 1.54) is 6.26 Å². The largest absolute Gasteiger partial charge is 0.469 e. The molecule has 1 heterocycles. The van der Waals surface area contributed by atoms with Crippen LogP contribution in [0.2, 0.25) is 0 Å². The van der Waals surface area contributed by atoms with Crippen molar-refractivity contribution in [2.24, 2.45) is 0 Å². The van der Waals surface area contributed by atoms with Crippen LogP contribution in [-0.2, 0) is 16.4 Å². The van der Waals surface area contributed by atoms with Gasteiger partial charge in [0.05, 0.1) is 12.5 Å². The lowest BCUT2D eigenvalue weighted by Crippen LogP contribution is -2.51. The third kappa shape index (κ3) is 7.34. The Morgan fingerprint density at radius 1 is 1.42 bits per heavy atom. The maximum atomic E-state index is 11.2. The maximum absolute atomic E-state index is 11.2. The minimum atomic E-state index is -3.18. The fraction of sp³-hybridized carbons (Fsp3) is 0.692. The molecule has 0 spiro atoms. The number of aryl methyl sites for hydroxylation is 1. The van der Waals surface area contributed by atoms with E-state index in [1.807, 2.05) is 26.0 Å². The number of rotatable bonds is 8. The van der Waals surface area contributed by atoms with Gasteiger partial charge in [0, 0.05) is 24.5 Å². The van der Waals surface area contributed by atoms with E-state index in [9.17, 15) is 8.42 Å². The second-order valence-electron chi connectivity index (χ2n) is 5.66. The van der Waals surface area contributed by atoms with Gasteiger partial charge in [-0.1, -0.05) is 0 Å². The van der Waals surface area contributed by atoms with E-state index in [2.05, 4.69) is 17.0 Å². The Morgan fingerprint density at radius 3 is 2.63 bits per heavy atom. The van der Waals surface area contributed by atoms with Crippen molar-refractivity contribution < 1.29 is 12.8 Å². The van der Waals surface area contributed by atoms with E-state index in [1.54, 1.807) is 6.26 Å².